The molecule has 3 fully saturated rings. The Hall–Kier alpha value is -3.68. The van der Waals surface area contributed by atoms with Gasteiger partial charge in [0.05, 0.1) is 32.0 Å². The van der Waals surface area contributed by atoms with E-state index in [1.807, 2.05) is 36.4 Å². The van der Waals surface area contributed by atoms with Crippen LogP contribution in [-0.4, -0.2) is 71.8 Å². The van der Waals surface area contributed by atoms with E-state index in [0.29, 0.717) is 39.0 Å². The van der Waals surface area contributed by atoms with Gasteiger partial charge in [-0.2, -0.15) is 0 Å². The molecule has 0 bridgehead atoms. The lowest BCUT2D eigenvalue weighted by molar-refractivity contribution is -0.255. The predicted molar refractivity (Wildman–Crippen MR) is 190 cm³/mol. The van der Waals surface area contributed by atoms with Crippen molar-refractivity contribution in [3.05, 3.63) is 95.1 Å². The zero-order chi connectivity index (χ0) is 35.5. The number of benzene rings is 3. The van der Waals surface area contributed by atoms with Crippen LogP contribution in [0.15, 0.2) is 72.8 Å². The Labute approximate surface area is 300 Å². The molecule has 3 atom stereocenters. The van der Waals surface area contributed by atoms with Crippen LogP contribution in [0.1, 0.15) is 92.4 Å². The number of hydrogen-bond donors (Lipinski definition) is 4. The fraction of sp³-hybridized carbons (Fsp3) is 0.500. The molecule has 0 unspecified atom stereocenters. The minimum atomic E-state index is -0.528. The Kier molecular flexibility index (Phi) is 13.2. The van der Waals surface area contributed by atoms with E-state index in [9.17, 15) is 14.7 Å². The number of aliphatic hydroxyl groups excluding tert-OH is 1. The van der Waals surface area contributed by atoms with Gasteiger partial charge in [0.1, 0.15) is 0 Å². The second kappa shape index (κ2) is 18.2. The van der Waals surface area contributed by atoms with E-state index in [-0.39, 0.29) is 30.6 Å². The van der Waals surface area contributed by atoms with E-state index in [4.69, 9.17) is 24.2 Å². The average molecular weight is 702 g/mol. The van der Waals surface area contributed by atoms with E-state index < -0.39 is 12.1 Å². The molecule has 0 aromatic heterocycles. The normalized spacial score (nSPS) is 21.8. The Morgan fingerprint density at radius 2 is 1.47 bits per heavy atom. The number of carbonyl (C=O) groups excluding carboxylic acids is 2. The molecule has 3 heterocycles. The van der Waals surface area contributed by atoms with E-state index >= 15 is 0 Å². The highest BCUT2D eigenvalue weighted by Crippen LogP contribution is 2.39. The molecule has 1 spiro atoms. The minimum Gasteiger partial charge on any atom is -0.392 e. The van der Waals surface area contributed by atoms with E-state index in [2.05, 4.69) is 46.6 Å². The third-order valence-corrected chi connectivity index (χ3v) is 10.1. The number of piperidine rings is 1. The van der Waals surface area contributed by atoms with Crippen LogP contribution < -0.4 is 10.8 Å². The lowest BCUT2D eigenvalue weighted by Gasteiger charge is -2.41. The van der Waals surface area contributed by atoms with Gasteiger partial charge in [0.2, 0.25) is 11.8 Å². The molecule has 274 valence electrons. The van der Waals surface area contributed by atoms with Gasteiger partial charge in [-0.25, -0.2) is 5.48 Å². The summed E-state index contributed by atoms with van der Waals surface area (Å²) >= 11 is 0. The van der Waals surface area contributed by atoms with Crippen molar-refractivity contribution in [1.82, 2.24) is 15.7 Å². The summed E-state index contributed by atoms with van der Waals surface area (Å²) in [4.78, 5) is 26.0. The largest absolute Gasteiger partial charge is 0.392 e. The van der Waals surface area contributed by atoms with Crippen molar-refractivity contribution in [1.29, 1.82) is 0 Å². The van der Waals surface area contributed by atoms with Crippen LogP contribution in [0.25, 0.3) is 11.1 Å². The number of unbranched alkanes of at least 4 members (excludes halogenated alkanes) is 3. The molecule has 2 amide bonds. The highest BCUT2D eigenvalue weighted by Gasteiger charge is 2.41. The van der Waals surface area contributed by atoms with Crippen molar-refractivity contribution >= 4 is 11.8 Å². The number of nitrogens with zero attached hydrogens (tertiary/aromatic N) is 1. The second-order valence-corrected chi connectivity index (χ2v) is 13.8. The third-order valence-electron chi connectivity index (χ3n) is 10.1. The number of carbonyl (C=O) groups is 2. The van der Waals surface area contributed by atoms with Crippen LogP contribution in [0.3, 0.4) is 0 Å². The summed E-state index contributed by atoms with van der Waals surface area (Å²) in [5.41, 5.74) is 7.67. The van der Waals surface area contributed by atoms with Gasteiger partial charge in [0, 0.05) is 63.8 Å². The van der Waals surface area contributed by atoms with Crippen LogP contribution in [0.5, 0.6) is 0 Å². The van der Waals surface area contributed by atoms with Gasteiger partial charge in [0.25, 0.3) is 0 Å². The topological polar surface area (TPSA) is 139 Å². The number of nitrogens with one attached hydrogen (secondary N) is 2. The standard InChI is InChI=1S/C40H51N3O8/c44-28-29-10-12-32(13-11-29)36-25-35(27-43-20-18-40(19-21-43)48-22-23-49-40)50-39(51-36)33-16-14-31(15-17-33)34-7-5-6-30(24-34)26-41-37(45)8-3-1-2-4-9-38(46)42-47/h5-7,10-17,24,35-36,39,44,47H,1-4,8-9,18-23,25-28H2,(H,41,45)(H,42,46)/t35-,36+,39+/m0/s1. The maximum Gasteiger partial charge on any atom is 0.243 e. The molecule has 6 rings (SSSR count). The molecule has 3 aliphatic heterocycles. The lowest BCUT2D eigenvalue weighted by atomic mass is 9.98. The molecule has 11 nitrogen and oxygen atoms in total. The Bertz CT molecular complexity index is 1550. The van der Waals surface area contributed by atoms with Crippen molar-refractivity contribution in [3.8, 4) is 11.1 Å². The molecular weight excluding hydrogens is 650 g/mol. The number of likely N-dealkylation sites (tertiary alicyclic amines) is 1. The van der Waals surface area contributed by atoms with Crippen molar-refractivity contribution in [2.24, 2.45) is 0 Å². The summed E-state index contributed by atoms with van der Waals surface area (Å²) in [7, 11) is 0. The van der Waals surface area contributed by atoms with Gasteiger partial charge in [-0.05, 0) is 46.7 Å². The summed E-state index contributed by atoms with van der Waals surface area (Å²) in [5.74, 6) is -0.782. The Morgan fingerprint density at radius 1 is 0.784 bits per heavy atom. The van der Waals surface area contributed by atoms with Crippen LogP contribution in [0.4, 0.5) is 0 Å². The number of aliphatic hydroxyl groups is 1. The molecule has 3 aromatic rings. The van der Waals surface area contributed by atoms with E-state index in [1.165, 1.54) is 0 Å². The molecule has 3 aliphatic rings. The van der Waals surface area contributed by atoms with Gasteiger partial charge in [0.15, 0.2) is 12.1 Å². The summed E-state index contributed by atoms with van der Waals surface area (Å²) < 4.78 is 25.1. The number of hydrogen-bond acceptors (Lipinski definition) is 9. The number of rotatable bonds is 15. The molecule has 0 saturated carbocycles. The zero-order valence-corrected chi connectivity index (χ0v) is 29.3. The summed E-state index contributed by atoms with van der Waals surface area (Å²) in [5, 5.41) is 21.1. The first kappa shape index (κ1) is 37.1. The van der Waals surface area contributed by atoms with Crippen LogP contribution >= 0.6 is 0 Å². The predicted octanol–water partition coefficient (Wildman–Crippen LogP) is 5.69. The maximum atomic E-state index is 12.4. The minimum absolute atomic E-state index is 0.00571. The molecule has 3 saturated heterocycles. The summed E-state index contributed by atoms with van der Waals surface area (Å²) in [6.07, 6.45) is 5.62. The highest BCUT2D eigenvalue weighted by atomic mass is 16.7. The van der Waals surface area contributed by atoms with Crippen molar-refractivity contribution < 1.29 is 38.9 Å². The van der Waals surface area contributed by atoms with Crippen LogP contribution in [-0.2, 0) is 41.7 Å². The molecular formula is C40H51N3O8. The SMILES string of the molecule is O=C(CCCCCCC(=O)NCc1cccc(-c2ccc([C@@H]3O[C@H](CN4CCC5(CC4)OCCO5)C[C@H](c4ccc(CO)cc4)O3)cc2)c1)NO. The molecule has 0 aliphatic carbocycles. The second-order valence-electron chi connectivity index (χ2n) is 13.8. The number of amides is 2. The summed E-state index contributed by atoms with van der Waals surface area (Å²) in [6, 6.07) is 24.5. The van der Waals surface area contributed by atoms with Crippen molar-refractivity contribution in [2.75, 3.05) is 32.8 Å². The number of ether oxygens (including phenoxy) is 4. The Morgan fingerprint density at radius 3 is 2.16 bits per heavy atom. The van der Waals surface area contributed by atoms with E-state index in [1.54, 1.807) is 5.48 Å². The Balaban J connectivity index is 1.05. The van der Waals surface area contributed by atoms with Gasteiger partial charge < -0.3 is 34.3 Å². The van der Waals surface area contributed by atoms with Crippen LogP contribution in [0, 0.1) is 0 Å². The molecule has 3 aromatic carbocycles. The van der Waals surface area contributed by atoms with E-state index in [0.717, 1.165) is 91.5 Å². The first-order valence-corrected chi connectivity index (χ1v) is 18.3. The average Bonchev–Trinajstić information content (AvgIpc) is 3.64. The zero-order valence-electron chi connectivity index (χ0n) is 29.3. The smallest absolute Gasteiger partial charge is 0.243 e. The van der Waals surface area contributed by atoms with Crippen molar-refractivity contribution in [2.45, 2.75) is 95.2 Å². The molecule has 11 heteroatoms. The van der Waals surface area contributed by atoms with Gasteiger partial charge in [-0.3, -0.25) is 14.8 Å². The lowest BCUT2D eigenvalue weighted by Crippen LogP contribution is -2.48. The fourth-order valence-corrected chi connectivity index (χ4v) is 7.15. The summed E-state index contributed by atoms with van der Waals surface area (Å²) in [6.45, 7) is 4.39. The molecule has 0 radical (unpaired) electrons. The van der Waals surface area contributed by atoms with Gasteiger partial charge in [-0.1, -0.05) is 79.6 Å². The van der Waals surface area contributed by atoms with Crippen LogP contribution in [0.2, 0.25) is 0 Å². The first-order valence-electron chi connectivity index (χ1n) is 18.3. The maximum absolute atomic E-state index is 12.4. The molecule has 51 heavy (non-hydrogen) atoms. The van der Waals surface area contributed by atoms with Gasteiger partial charge in [-0.15, -0.1) is 0 Å². The molecule has 4 N–H and O–H groups in total. The first-order chi connectivity index (χ1) is 24.9. The van der Waals surface area contributed by atoms with Crippen molar-refractivity contribution in [3.63, 3.8) is 0 Å². The highest BCUT2D eigenvalue weighted by molar-refractivity contribution is 5.76. The quantitative estimate of drug-likeness (QED) is 0.0894. The monoisotopic (exact) mass is 701 g/mol. The fourth-order valence-electron chi connectivity index (χ4n) is 7.15. The van der Waals surface area contributed by atoms with Gasteiger partial charge >= 0.3 is 0 Å². The number of hydroxylamine groups is 1. The third kappa shape index (κ3) is 10.4.